The maximum atomic E-state index is 4.67. The lowest BCUT2D eigenvalue weighted by molar-refractivity contribution is 0.726. The van der Waals surface area contributed by atoms with Crippen molar-refractivity contribution >= 4 is 11.6 Å². The van der Waals surface area contributed by atoms with Gasteiger partial charge in [0, 0.05) is 32.1 Å². The molecule has 2 rings (SSSR count). The van der Waals surface area contributed by atoms with Gasteiger partial charge in [-0.25, -0.2) is 9.97 Å². The smallest absolute Gasteiger partial charge is 0.134 e. The Morgan fingerprint density at radius 1 is 1.11 bits per heavy atom. The molecule has 1 aliphatic heterocycles. The standard InChI is InChI=1S/C14H24N4/c1-3-12-16-13(15-4-2)11-14(17-12)18-9-7-5-6-8-10-18/h11H,3-10H2,1-2H3,(H,15,16,17). The highest BCUT2D eigenvalue weighted by Gasteiger charge is 2.13. The second-order valence-corrected chi connectivity index (χ2v) is 4.81. The predicted octanol–water partition coefficient (Wildman–Crippen LogP) is 2.85. The molecule has 0 atom stereocenters. The van der Waals surface area contributed by atoms with Crippen LogP contribution in [0.15, 0.2) is 6.07 Å². The molecule has 100 valence electrons. The quantitative estimate of drug-likeness (QED) is 0.889. The minimum Gasteiger partial charge on any atom is -0.370 e. The van der Waals surface area contributed by atoms with E-state index in [0.717, 1.165) is 43.5 Å². The van der Waals surface area contributed by atoms with Crippen LogP contribution >= 0.6 is 0 Å². The van der Waals surface area contributed by atoms with E-state index in [1.165, 1.54) is 25.7 Å². The molecule has 18 heavy (non-hydrogen) atoms. The van der Waals surface area contributed by atoms with Gasteiger partial charge in [-0.15, -0.1) is 0 Å². The predicted molar refractivity (Wildman–Crippen MR) is 76.3 cm³/mol. The SMILES string of the molecule is CCNc1cc(N2CCCCCC2)nc(CC)n1. The number of nitrogens with zero attached hydrogens (tertiary/aromatic N) is 3. The molecule has 0 aliphatic carbocycles. The maximum Gasteiger partial charge on any atom is 0.134 e. The van der Waals surface area contributed by atoms with E-state index in [2.05, 4.69) is 40.1 Å². The van der Waals surface area contributed by atoms with Gasteiger partial charge < -0.3 is 10.2 Å². The van der Waals surface area contributed by atoms with Gasteiger partial charge in [-0.3, -0.25) is 0 Å². The van der Waals surface area contributed by atoms with Crippen LogP contribution in [0, 0.1) is 0 Å². The monoisotopic (exact) mass is 248 g/mol. The third kappa shape index (κ3) is 3.34. The first-order valence-corrected chi connectivity index (χ1v) is 7.20. The van der Waals surface area contributed by atoms with E-state index in [1.807, 2.05) is 0 Å². The highest BCUT2D eigenvalue weighted by Crippen LogP contribution is 2.20. The van der Waals surface area contributed by atoms with E-state index in [-0.39, 0.29) is 0 Å². The summed E-state index contributed by atoms with van der Waals surface area (Å²) < 4.78 is 0. The summed E-state index contributed by atoms with van der Waals surface area (Å²) in [4.78, 5) is 11.6. The largest absolute Gasteiger partial charge is 0.370 e. The Morgan fingerprint density at radius 3 is 2.44 bits per heavy atom. The summed E-state index contributed by atoms with van der Waals surface area (Å²) in [6, 6.07) is 2.09. The Morgan fingerprint density at radius 2 is 1.83 bits per heavy atom. The van der Waals surface area contributed by atoms with Gasteiger partial charge in [0.25, 0.3) is 0 Å². The Hall–Kier alpha value is -1.32. The molecule has 1 N–H and O–H groups in total. The number of aryl methyl sites for hydroxylation is 1. The van der Waals surface area contributed by atoms with Crippen molar-refractivity contribution in [3.05, 3.63) is 11.9 Å². The number of hydrogen-bond acceptors (Lipinski definition) is 4. The van der Waals surface area contributed by atoms with Gasteiger partial charge in [0.2, 0.25) is 0 Å². The van der Waals surface area contributed by atoms with Crippen LogP contribution in [0.5, 0.6) is 0 Å². The van der Waals surface area contributed by atoms with Crippen molar-refractivity contribution in [2.45, 2.75) is 46.0 Å². The number of hydrogen-bond donors (Lipinski definition) is 1. The molecule has 2 heterocycles. The summed E-state index contributed by atoms with van der Waals surface area (Å²) in [5.41, 5.74) is 0. The van der Waals surface area contributed by atoms with Crippen LogP contribution in [-0.4, -0.2) is 29.6 Å². The molecule has 0 aromatic carbocycles. The zero-order chi connectivity index (χ0) is 12.8. The molecule has 0 unspecified atom stereocenters. The molecule has 1 aliphatic rings. The number of rotatable bonds is 4. The zero-order valence-electron chi connectivity index (χ0n) is 11.6. The first-order chi connectivity index (χ1) is 8.83. The molecule has 0 spiro atoms. The lowest BCUT2D eigenvalue weighted by Gasteiger charge is -2.22. The van der Waals surface area contributed by atoms with E-state index in [0.29, 0.717) is 0 Å². The van der Waals surface area contributed by atoms with Crippen LogP contribution in [0.4, 0.5) is 11.6 Å². The molecule has 0 amide bonds. The fourth-order valence-corrected chi connectivity index (χ4v) is 2.37. The van der Waals surface area contributed by atoms with Crippen molar-refractivity contribution < 1.29 is 0 Å². The number of anilines is 2. The van der Waals surface area contributed by atoms with E-state index in [4.69, 9.17) is 0 Å². The lowest BCUT2D eigenvalue weighted by atomic mass is 10.2. The Balaban J connectivity index is 2.21. The topological polar surface area (TPSA) is 41.0 Å². The summed E-state index contributed by atoms with van der Waals surface area (Å²) >= 11 is 0. The Kier molecular flexibility index (Phi) is 4.79. The zero-order valence-corrected chi connectivity index (χ0v) is 11.6. The summed E-state index contributed by atoms with van der Waals surface area (Å²) in [6.07, 6.45) is 6.15. The third-order valence-corrected chi connectivity index (χ3v) is 3.36. The van der Waals surface area contributed by atoms with Crippen molar-refractivity contribution in [1.82, 2.24) is 9.97 Å². The average Bonchev–Trinajstić information content (AvgIpc) is 2.67. The van der Waals surface area contributed by atoms with Crippen molar-refractivity contribution in [3.63, 3.8) is 0 Å². The molecule has 1 aromatic rings. The van der Waals surface area contributed by atoms with Gasteiger partial charge in [-0.1, -0.05) is 19.8 Å². The molecule has 0 radical (unpaired) electrons. The molecule has 1 saturated heterocycles. The number of nitrogens with one attached hydrogen (secondary N) is 1. The van der Waals surface area contributed by atoms with Gasteiger partial charge in [0.1, 0.15) is 17.5 Å². The molecule has 4 heteroatoms. The molecular formula is C14H24N4. The molecule has 1 fully saturated rings. The normalized spacial score (nSPS) is 16.4. The highest BCUT2D eigenvalue weighted by atomic mass is 15.2. The van der Waals surface area contributed by atoms with Crippen molar-refractivity contribution in [2.75, 3.05) is 29.9 Å². The minimum absolute atomic E-state index is 0.889. The lowest BCUT2D eigenvalue weighted by Crippen LogP contribution is -2.25. The van der Waals surface area contributed by atoms with Gasteiger partial charge in [0.15, 0.2) is 0 Å². The van der Waals surface area contributed by atoms with Gasteiger partial charge in [-0.2, -0.15) is 0 Å². The maximum absolute atomic E-state index is 4.67. The Labute approximate surface area is 110 Å². The van der Waals surface area contributed by atoms with Gasteiger partial charge in [-0.05, 0) is 19.8 Å². The molecule has 0 bridgehead atoms. The van der Waals surface area contributed by atoms with Crippen LogP contribution in [0.25, 0.3) is 0 Å². The van der Waals surface area contributed by atoms with Crippen LogP contribution < -0.4 is 10.2 Å². The van der Waals surface area contributed by atoms with E-state index >= 15 is 0 Å². The van der Waals surface area contributed by atoms with Gasteiger partial charge in [0.05, 0.1) is 0 Å². The van der Waals surface area contributed by atoms with Crippen molar-refractivity contribution in [2.24, 2.45) is 0 Å². The second kappa shape index (κ2) is 6.57. The summed E-state index contributed by atoms with van der Waals surface area (Å²) in [5, 5.41) is 3.30. The molecule has 0 saturated carbocycles. The van der Waals surface area contributed by atoms with Crippen molar-refractivity contribution in [1.29, 1.82) is 0 Å². The van der Waals surface area contributed by atoms with Crippen LogP contribution in [0.3, 0.4) is 0 Å². The fraction of sp³-hybridized carbons (Fsp3) is 0.714. The summed E-state index contributed by atoms with van der Waals surface area (Å²) in [5.74, 6) is 3.00. The first-order valence-electron chi connectivity index (χ1n) is 7.20. The molecule has 1 aromatic heterocycles. The molecular weight excluding hydrogens is 224 g/mol. The van der Waals surface area contributed by atoms with E-state index < -0.39 is 0 Å². The Bertz CT molecular complexity index is 370. The summed E-state index contributed by atoms with van der Waals surface area (Å²) in [6.45, 7) is 7.37. The van der Waals surface area contributed by atoms with E-state index in [9.17, 15) is 0 Å². The van der Waals surface area contributed by atoms with E-state index in [1.54, 1.807) is 0 Å². The fourth-order valence-electron chi connectivity index (χ4n) is 2.37. The first kappa shape index (κ1) is 13.1. The number of aromatic nitrogens is 2. The van der Waals surface area contributed by atoms with Crippen molar-refractivity contribution in [3.8, 4) is 0 Å². The minimum atomic E-state index is 0.889. The van der Waals surface area contributed by atoms with Crippen LogP contribution in [0.1, 0.15) is 45.4 Å². The summed E-state index contributed by atoms with van der Waals surface area (Å²) in [7, 11) is 0. The molecule has 4 nitrogen and oxygen atoms in total. The van der Waals surface area contributed by atoms with Crippen LogP contribution in [0.2, 0.25) is 0 Å². The second-order valence-electron chi connectivity index (χ2n) is 4.81. The average molecular weight is 248 g/mol. The van der Waals surface area contributed by atoms with Gasteiger partial charge >= 0.3 is 0 Å². The van der Waals surface area contributed by atoms with Crippen LogP contribution in [-0.2, 0) is 6.42 Å². The third-order valence-electron chi connectivity index (χ3n) is 3.36. The highest BCUT2D eigenvalue weighted by molar-refractivity contribution is 5.49.